The third-order valence-electron chi connectivity index (χ3n) is 4.38. The fraction of sp³-hybridized carbons (Fsp3) is 0.600. The van der Waals surface area contributed by atoms with Crippen molar-refractivity contribution in [2.45, 2.75) is 70.4 Å². The van der Waals surface area contributed by atoms with E-state index < -0.39 is 11.7 Å². The molecule has 5 heteroatoms. The molecule has 2 N–H and O–H groups in total. The molecule has 25 heavy (non-hydrogen) atoms. The zero-order valence-corrected chi connectivity index (χ0v) is 15.5. The molecular formula is C20H30N2O3. The predicted molar refractivity (Wildman–Crippen MR) is 98.4 cm³/mol. The molecule has 2 rings (SSSR count). The molecule has 1 saturated carbocycles. The highest BCUT2D eigenvalue weighted by Crippen LogP contribution is 2.32. The minimum absolute atomic E-state index is 0.0146. The third-order valence-corrected chi connectivity index (χ3v) is 4.38. The van der Waals surface area contributed by atoms with Gasteiger partial charge in [-0.3, -0.25) is 4.79 Å². The van der Waals surface area contributed by atoms with Gasteiger partial charge in [0.25, 0.3) is 0 Å². The van der Waals surface area contributed by atoms with Crippen LogP contribution in [0.2, 0.25) is 0 Å². The summed E-state index contributed by atoms with van der Waals surface area (Å²) in [4.78, 5) is 23.6. The van der Waals surface area contributed by atoms with Crippen LogP contribution >= 0.6 is 0 Å². The topological polar surface area (TPSA) is 67.4 Å². The van der Waals surface area contributed by atoms with Gasteiger partial charge in [0.15, 0.2) is 0 Å². The van der Waals surface area contributed by atoms with Crippen LogP contribution in [0.25, 0.3) is 0 Å². The summed E-state index contributed by atoms with van der Waals surface area (Å²) >= 11 is 0. The highest BCUT2D eigenvalue weighted by molar-refractivity contribution is 5.77. The smallest absolute Gasteiger partial charge is 0.407 e. The Labute approximate surface area is 150 Å². The molecule has 0 heterocycles. The molecular weight excluding hydrogens is 316 g/mol. The van der Waals surface area contributed by atoms with Crippen molar-refractivity contribution in [3.8, 4) is 0 Å². The average Bonchev–Trinajstić information content (AvgIpc) is 2.54. The first-order valence-corrected chi connectivity index (χ1v) is 9.14. The minimum Gasteiger partial charge on any atom is -0.444 e. The molecule has 1 fully saturated rings. The highest BCUT2D eigenvalue weighted by atomic mass is 16.6. The fourth-order valence-corrected chi connectivity index (χ4v) is 3.19. The van der Waals surface area contributed by atoms with E-state index in [0.29, 0.717) is 12.5 Å². The number of ether oxygens (including phenoxy) is 1. The van der Waals surface area contributed by atoms with Crippen molar-refractivity contribution in [3.63, 3.8) is 0 Å². The molecule has 138 valence electrons. The predicted octanol–water partition coefficient (Wildman–Crippen LogP) is 3.74. The number of hydrogen-bond donors (Lipinski definition) is 2. The summed E-state index contributed by atoms with van der Waals surface area (Å²) in [6, 6.07) is 10.8. The molecule has 0 saturated heterocycles. The first-order valence-electron chi connectivity index (χ1n) is 9.14. The van der Waals surface area contributed by atoms with Crippen molar-refractivity contribution < 1.29 is 14.3 Å². The Bertz CT molecular complexity index is 558. The maximum atomic E-state index is 12.0. The summed E-state index contributed by atoms with van der Waals surface area (Å²) in [6.07, 6.45) is 4.01. The number of nitrogens with one attached hydrogen (secondary N) is 2. The molecule has 5 nitrogen and oxygen atoms in total. The second kappa shape index (κ2) is 8.88. The van der Waals surface area contributed by atoms with Gasteiger partial charge in [-0.25, -0.2) is 4.79 Å². The van der Waals surface area contributed by atoms with E-state index in [0.717, 1.165) is 25.7 Å². The molecule has 1 aliphatic rings. The molecule has 0 aromatic heterocycles. The van der Waals surface area contributed by atoms with Crippen LogP contribution in [0.4, 0.5) is 4.79 Å². The summed E-state index contributed by atoms with van der Waals surface area (Å²) in [5.41, 5.74) is 0.873. The van der Waals surface area contributed by atoms with E-state index in [4.69, 9.17) is 4.74 Å². The summed E-state index contributed by atoms with van der Waals surface area (Å²) in [6.45, 7) is 5.72. The van der Waals surface area contributed by atoms with Crippen molar-refractivity contribution in [2.75, 3.05) is 6.54 Å². The summed E-state index contributed by atoms with van der Waals surface area (Å²) in [5, 5.41) is 5.70. The van der Waals surface area contributed by atoms with Crippen LogP contribution in [0, 0.1) is 0 Å². The molecule has 1 aromatic rings. The van der Waals surface area contributed by atoms with Crippen LogP contribution in [0.15, 0.2) is 30.3 Å². The standard InChI is InChI=1S/C20H30N2O3/c1-20(2,3)25-19(24)21-14-13-18(23)22-17-11-9-16(10-12-17)15-7-5-4-6-8-15/h4-8,16-17H,9-14H2,1-3H3,(H,21,24)(H,22,23). The SMILES string of the molecule is CC(C)(C)OC(=O)NCCC(=O)NC1CCC(c2ccccc2)CC1. The van der Waals surface area contributed by atoms with Gasteiger partial charge in [-0.1, -0.05) is 30.3 Å². The Balaban J connectivity index is 1.63. The molecule has 1 aromatic carbocycles. The lowest BCUT2D eigenvalue weighted by Crippen LogP contribution is -2.39. The molecule has 0 spiro atoms. The largest absolute Gasteiger partial charge is 0.444 e. The number of rotatable bonds is 5. The van der Waals surface area contributed by atoms with Gasteiger partial charge in [0.05, 0.1) is 0 Å². The number of carbonyl (C=O) groups is 2. The molecule has 0 aliphatic heterocycles. The molecule has 0 atom stereocenters. The first kappa shape index (κ1) is 19.3. The van der Waals surface area contributed by atoms with Crippen molar-refractivity contribution in [3.05, 3.63) is 35.9 Å². The van der Waals surface area contributed by atoms with Gasteiger partial charge in [-0.2, -0.15) is 0 Å². The minimum atomic E-state index is -0.524. The van der Waals surface area contributed by atoms with Crippen LogP contribution in [0.3, 0.4) is 0 Å². The molecule has 0 bridgehead atoms. The summed E-state index contributed by atoms with van der Waals surface area (Å²) in [7, 11) is 0. The van der Waals surface area contributed by atoms with Gasteiger partial charge < -0.3 is 15.4 Å². The Hall–Kier alpha value is -2.04. The first-order chi connectivity index (χ1) is 11.8. The van der Waals surface area contributed by atoms with Gasteiger partial charge >= 0.3 is 6.09 Å². The number of alkyl carbamates (subject to hydrolysis) is 1. The van der Waals surface area contributed by atoms with Crippen molar-refractivity contribution in [2.24, 2.45) is 0 Å². The average molecular weight is 346 g/mol. The summed E-state index contributed by atoms with van der Waals surface area (Å²) in [5.74, 6) is 0.586. The van der Waals surface area contributed by atoms with Crippen LogP contribution < -0.4 is 10.6 Å². The maximum Gasteiger partial charge on any atom is 0.407 e. The second-order valence-corrected chi connectivity index (χ2v) is 7.71. The van der Waals surface area contributed by atoms with Crippen LogP contribution in [0.1, 0.15) is 64.4 Å². The lowest BCUT2D eigenvalue weighted by atomic mass is 9.82. The monoisotopic (exact) mass is 346 g/mol. The maximum absolute atomic E-state index is 12.0. The zero-order valence-electron chi connectivity index (χ0n) is 15.5. The van der Waals surface area contributed by atoms with Crippen LogP contribution in [-0.4, -0.2) is 30.2 Å². The number of benzene rings is 1. The highest BCUT2D eigenvalue weighted by Gasteiger charge is 2.23. The fourth-order valence-electron chi connectivity index (χ4n) is 3.19. The molecule has 1 aliphatic carbocycles. The van der Waals surface area contributed by atoms with Crippen molar-refractivity contribution in [1.82, 2.24) is 10.6 Å². The third kappa shape index (κ3) is 7.16. The number of hydrogen-bond acceptors (Lipinski definition) is 3. The van der Waals surface area contributed by atoms with E-state index in [1.165, 1.54) is 5.56 Å². The number of amides is 2. The van der Waals surface area contributed by atoms with E-state index in [1.807, 2.05) is 26.8 Å². The van der Waals surface area contributed by atoms with Gasteiger partial charge in [-0.05, 0) is 57.9 Å². The van der Waals surface area contributed by atoms with Crippen LogP contribution in [0.5, 0.6) is 0 Å². The van der Waals surface area contributed by atoms with Crippen molar-refractivity contribution in [1.29, 1.82) is 0 Å². The van der Waals surface area contributed by atoms with Crippen molar-refractivity contribution >= 4 is 12.0 Å². The quantitative estimate of drug-likeness (QED) is 0.853. The Kier molecular flexibility index (Phi) is 6.85. The number of carbonyl (C=O) groups excluding carboxylic acids is 2. The second-order valence-electron chi connectivity index (χ2n) is 7.71. The Morgan fingerprint density at radius 3 is 2.32 bits per heavy atom. The molecule has 2 amide bonds. The Morgan fingerprint density at radius 1 is 1.08 bits per heavy atom. The lowest BCUT2D eigenvalue weighted by molar-refractivity contribution is -0.121. The zero-order chi connectivity index (χ0) is 18.3. The van der Waals surface area contributed by atoms with Gasteiger partial charge in [0.2, 0.25) is 5.91 Å². The molecule has 0 radical (unpaired) electrons. The van der Waals surface area contributed by atoms with Gasteiger partial charge in [0, 0.05) is 19.0 Å². The van der Waals surface area contributed by atoms with E-state index in [2.05, 4.69) is 34.9 Å². The van der Waals surface area contributed by atoms with Crippen LogP contribution in [-0.2, 0) is 9.53 Å². The summed E-state index contributed by atoms with van der Waals surface area (Å²) < 4.78 is 5.14. The van der Waals surface area contributed by atoms with E-state index in [-0.39, 0.29) is 18.4 Å². The van der Waals surface area contributed by atoms with E-state index in [9.17, 15) is 9.59 Å². The lowest BCUT2D eigenvalue weighted by Gasteiger charge is -2.29. The van der Waals surface area contributed by atoms with E-state index >= 15 is 0 Å². The van der Waals surface area contributed by atoms with E-state index in [1.54, 1.807) is 0 Å². The van der Waals surface area contributed by atoms with Gasteiger partial charge in [-0.15, -0.1) is 0 Å². The van der Waals surface area contributed by atoms with Gasteiger partial charge in [0.1, 0.15) is 5.60 Å². The Morgan fingerprint density at radius 2 is 1.72 bits per heavy atom. The normalized spacial score (nSPS) is 20.6. The molecule has 0 unspecified atom stereocenters.